The van der Waals surface area contributed by atoms with E-state index in [9.17, 15) is 14.4 Å². The van der Waals surface area contributed by atoms with Gasteiger partial charge >= 0.3 is 6.09 Å². The molecule has 2 fully saturated rings. The van der Waals surface area contributed by atoms with Crippen LogP contribution in [0, 0.1) is 5.92 Å². The van der Waals surface area contributed by atoms with Crippen molar-refractivity contribution in [3.05, 3.63) is 29.8 Å². The first-order valence-electron chi connectivity index (χ1n) is 9.91. The molecule has 1 aliphatic heterocycles. The number of likely N-dealkylation sites (tertiary alicyclic amines) is 1. The third-order valence-corrected chi connectivity index (χ3v) is 4.84. The zero-order chi connectivity index (χ0) is 20.3. The fraction of sp³-hybridized carbons (Fsp3) is 0.571. The molecular formula is C21H29N3O4. The maximum atomic E-state index is 12.5. The van der Waals surface area contributed by atoms with Crippen LogP contribution < -0.4 is 10.6 Å². The van der Waals surface area contributed by atoms with E-state index in [4.69, 9.17) is 4.74 Å². The van der Waals surface area contributed by atoms with E-state index in [0.29, 0.717) is 43.2 Å². The van der Waals surface area contributed by atoms with Gasteiger partial charge in [-0.3, -0.25) is 9.59 Å². The number of nitrogens with one attached hydrogen (secondary N) is 2. The van der Waals surface area contributed by atoms with Crippen LogP contribution >= 0.6 is 0 Å². The van der Waals surface area contributed by atoms with Crippen molar-refractivity contribution in [3.8, 4) is 0 Å². The molecule has 0 radical (unpaired) electrons. The first kappa shape index (κ1) is 20.2. The second-order valence-corrected chi connectivity index (χ2v) is 8.56. The molecular weight excluding hydrogens is 358 g/mol. The SMILES string of the molecule is CC(C)(C)OC(=O)N1CCC(C(=O)Nc2ccc(C(=O)NC3CC3)cc2)CC1. The summed E-state index contributed by atoms with van der Waals surface area (Å²) in [5.41, 5.74) is 0.741. The number of nitrogens with zero attached hydrogens (tertiary/aromatic N) is 1. The van der Waals surface area contributed by atoms with Gasteiger partial charge in [-0.25, -0.2) is 4.79 Å². The molecule has 0 aromatic heterocycles. The minimum Gasteiger partial charge on any atom is -0.444 e. The van der Waals surface area contributed by atoms with E-state index in [-0.39, 0.29) is 23.8 Å². The number of piperidine rings is 1. The molecule has 3 rings (SSSR count). The molecule has 7 nitrogen and oxygen atoms in total. The maximum absolute atomic E-state index is 12.5. The van der Waals surface area contributed by atoms with Gasteiger partial charge in [0.1, 0.15) is 5.60 Å². The van der Waals surface area contributed by atoms with Crippen LogP contribution in [-0.4, -0.2) is 47.5 Å². The lowest BCUT2D eigenvalue weighted by molar-refractivity contribution is -0.121. The van der Waals surface area contributed by atoms with Crippen molar-refractivity contribution < 1.29 is 19.1 Å². The van der Waals surface area contributed by atoms with Gasteiger partial charge in [-0.05, 0) is 70.7 Å². The zero-order valence-electron chi connectivity index (χ0n) is 16.8. The second kappa shape index (κ2) is 8.20. The maximum Gasteiger partial charge on any atom is 0.410 e. The molecule has 0 atom stereocenters. The largest absolute Gasteiger partial charge is 0.444 e. The van der Waals surface area contributed by atoms with Gasteiger partial charge in [-0.1, -0.05) is 0 Å². The van der Waals surface area contributed by atoms with Crippen molar-refractivity contribution in [2.24, 2.45) is 5.92 Å². The average molecular weight is 387 g/mol. The summed E-state index contributed by atoms with van der Waals surface area (Å²) in [5, 5.41) is 5.85. The van der Waals surface area contributed by atoms with Crippen molar-refractivity contribution in [1.82, 2.24) is 10.2 Å². The smallest absolute Gasteiger partial charge is 0.410 e. The lowest BCUT2D eigenvalue weighted by Crippen LogP contribution is -2.43. The van der Waals surface area contributed by atoms with Gasteiger partial charge in [0.15, 0.2) is 0 Å². The lowest BCUT2D eigenvalue weighted by atomic mass is 9.96. The van der Waals surface area contributed by atoms with E-state index in [0.717, 1.165) is 12.8 Å². The van der Waals surface area contributed by atoms with Crippen LogP contribution in [0.1, 0.15) is 56.8 Å². The Hall–Kier alpha value is -2.57. The molecule has 1 saturated heterocycles. The first-order valence-corrected chi connectivity index (χ1v) is 9.91. The van der Waals surface area contributed by atoms with E-state index >= 15 is 0 Å². The number of rotatable bonds is 4. The Balaban J connectivity index is 1.46. The molecule has 1 aromatic rings. The van der Waals surface area contributed by atoms with Crippen LogP contribution in [0.15, 0.2) is 24.3 Å². The molecule has 28 heavy (non-hydrogen) atoms. The van der Waals surface area contributed by atoms with Crippen molar-refractivity contribution >= 4 is 23.6 Å². The molecule has 0 spiro atoms. The topological polar surface area (TPSA) is 87.7 Å². The van der Waals surface area contributed by atoms with Gasteiger partial charge in [0.2, 0.25) is 5.91 Å². The summed E-state index contributed by atoms with van der Waals surface area (Å²) in [7, 11) is 0. The average Bonchev–Trinajstić information content (AvgIpc) is 3.45. The van der Waals surface area contributed by atoms with E-state index in [1.807, 2.05) is 20.8 Å². The number of hydrogen-bond donors (Lipinski definition) is 2. The van der Waals surface area contributed by atoms with Crippen molar-refractivity contribution in [3.63, 3.8) is 0 Å². The van der Waals surface area contributed by atoms with Gasteiger partial charge in [-0.15, -0.1) is 0 Å². The fourth-order valence-electron chi connectivity index (χ4n) is 3.10. The van der Waals surface area contributed by atoms with Crippen molar-refractivity contribution in [2.75, 3.05) is 18.4 Å². The fourth-order valence-corrected chi connectivity index (χ4v) is 3.10. The lowest BCUT2D eigenvalue weighted by Gasteiger charge is -2.32. The van der Waals surface area contributed by atoms with Crippen molar-refractivity contribution in [2.45, 2.75) is 58.1 Å². The predicted octanol–water partition coefficient (Wildman–Crippen LogP) is 3.16. The Morgan fingerprint density at radius 3 is 2.14 bits per heavy atom. The van der Waals surface area contributed by atoms with E-state index in [1.54, 1.807) is 29.2 Å². The standard InChI is InChI=1S/C21H29N3O4/c1-21(2,3)28-20(27)24-12-10-15(11-13-24)19(26)22-16-6-4-14(5-7-16)18(25)23-17-8-9-17/h4-7,15,17H,8-13H2,1-3H3,(H,22,26)(H,23,25). The highest BCUT2D eigenvalue weighted by Crippen LogP contribution is 2.22. The van der Waals surface area contributed by atoms with Crippen LogP contribution in [0.4, 0.5) is 10.5 Å². The zero-order valence-corrected chi connectivity index (χ0v) is 16.8. The molecule has 1 heterocycles. The molecule has 1 aliphatic carbocycles. The third-order valence-electron chi connectivity index (χ3n) is 4.84. The predicted molar refractivity (Wildman–Crippen MR) is 106 cm³/mol. The summed E-state index contributed by atoms with van der Waals surface area (Å²) >= 11 is 0. The minimum absolute atomic E-state index is 0.0565. The van der Waals surface area contributed by atoms with Gasteiger partial charge in [-0.2, -0.15) is 0 Å². The Kier molecular flexibility index (Phi) is 5.91. The van der Waals surface area contributed by atoms with Crippen molar-refractivity contribution in [1.29, 1.82) is 0 Å². The Labute approximate surface area is 165 Å². The van der Waals surface area contributed by atoms with Gasteiger partial charge in [0, 0.05) is 36.3 Å². The monoisotopic (exact) mass is 387 g/mol. The summed E-state index contributed by atoms with van der Waals surface area (Å²) in [6.07, 6.45) is 2.98. The van der Waals surface area contributed by atoms with Gasteiger partial charge in [0.05, 0.1) is 0 Å². The number of ether oxygens (including phenoxy) is 1. The molecule has 2 N–H and O–H groups in total. The van der Waals surface area contributed by atoms with E-state index < -0.39 is 5.60 Å². The highest BCUT2D eigenvalue weighted by Gasteiger charge is 2.30. The minimum atomic E-state index is -0.521. The summed E-state index contributed by atoms with van der Waals surface area (Å²) in [6.45, 7) is 6.53. The summed E-state index contributed by atoms with van der Waals surface area (Å²) < 4.78 is 5.38. The molecule has 3 amide bonds. The summed E-state index contributed by atoms with van der Waals surface area (Å²) in [6, 6.07) is 7.25. The molecule has 0 unspecified atom stereocenters. The molecule has 7 heteroatoms. The van der Waals surface area contributed by atoms with E-state index in [1.165, 1.54) is 0 Å². The molecule has 1 aromatic carbocycles. The van der Waals surface area contributed by atoms with Crippen LogP contribution in [-0.2, 0) is 9.53 Å². The highest BCUT2D eigenvalue weighted by molar-refractivity contribution is 5.96. The third kappa shape index (κ3) is 5.71. The van der Waals surface area contributed by atoms with Crippen LogP contribution in [0.25, 0.3) is 0 Å². The molecule has 0 bridgehead atoms. The molecule has 152 valence electrons. The molecule has 2 aliphatic rings. The number of hydrogen-bond acceptors (Lipinski definition) is 4. The van der Waals surface area contributed by atoms with Gasteiger partial charge < -0.3 is 20.3 Å². The number of amides is 3. The Morgan fingerprint density at radius 1 is 1.00 bits per heavy atom. The summed E-state index contributed by atoms with van der Waals surface area (Å²) in [4.78, 5) is 38.3. The number of benzene rings is 1. The first-order chi connectivity index (χ1) is 13.2. The normalized spacial score (nSPS) is 17.8. The van der Waals surface area contributed by atoms with Crippen LogP contribution in [0.5, 0.6) is 0 Å². The van der Waals surface area contributed by atoms with Crippen LogP contribution in [0.2, 0.25) is 0 Å². The number of anilines is 1. The summed E-state index contributed by atoms with van der Waals surface area (Å²) in [5.74, 6) is -0.273. The van der Waals surface area contributed by atoms with Gasteiger partial charge in [0.25, 0.3) is 5.91 Å². The number of carbonyl (C=O) groups excluding carboxylic acids is 3. The number of carbonyl (C=O) groups is 3. The molecule has 1 saturated carbocycles. The quantitative estimate of drug-likeness (QED) is 0.831. The highest BCUT2D eigenvalue weighted by atomic mass is 16.6. The Morgan fingerprint density at radius 2 is 1.61 bits per heavy atom. The second-order valence-electron chi connectivity index (χ2n) is 8.56. The van der Waals surface area contributed by atoms with Crippen LogP contribution in [0.3, 0.4) is 0 Å². The Bertz CT molecular complexity index is 727. The van der Waals surface area contributed by atoms with E-state index in [2.05, 4.69) is 10.6 Å².